The number of nitrogens with one attached hydrogen (secondary N) is 2. The van der Waals surface area contributed by atoms with Crippen LogP contribution >= 0.6 is 15.9 Å². The maximum Gasteiger partial charge on any atom is 0.252 e. The van der Waals surface area contributed by atoms with Crippen molar-refractivity contribution in [2.75, 3.05) is 13.7 Å². The zero-order chi connectivity index (χ0) is 19.4. The Morgan fingerprint density at radius 2 is 1.96 bits per heavy atom. The highest BCUT2D eigenvalue weighted by Gasteiger charge is 2.28. The zero-order valence-corrected chi connectivity index (χ0v) is 17.3. The normalized spacial score (nSPS) is 14.0. The van der Waals surface area contributed by atoms with Crippen LogP contribution in [0.3, 0.4) is 0 Å². The zero-order valence-electron chi connectivity index (χ0n) is 14.9. The summed E-state index contributed by atoms with van der Waals surface area (Å²) in [5.74, 6) is 0.437. The Morgan fingerprint density at radius 1 is 1.22 bits per heavy atom. The van der Waals surface area contributed by atoms with Crippen molar-refractivity contribution < 1.29 is 17.9 Å². The van der Waals surface area contributed by atoms with Crippen molar-refractivity contribution in [3.63, 3.8) is 0 Å². The van der Waals surface area contributed by atoms with E-state index < -0.39 is 10.0 Å². The number of sulfonamides is 1. The molecule has 6 nitrogen and oxygen atoms in total. The van der Waals surface area contributed by atoms with Gasteiger partial charge >= 0.3 is 0 Å². The van der Waals surface area contributed by atoms with Crippen LogP contribution in [0.5, 0.6) is 5.75 Å². The van der Waals surface area contributed by atoms with Crippen molar-refractivity contribution in [2.24, 2.45) is 0 Å². The number of amides is 1. The van der Waals surface area contributed by atoms with Gasteiger partial charge < -0.3 is 10.1 Å². The summed E-state index contributed by atoms with van der Waals surface area (Å²) in [6, 6.07) is 12.1. The van der Waals surface area contributed by atoms with Gasteiger partial charge in [0.05, 0.1) is 17.6 Å². The summed E-state index contributed by atoms with van der Waals surface area (Å²) in [5.41, 5.74) is 1.28. The molecule has 1 aliphatic rings. The molecule has 0 heterocycles. The number of methoxy groups -OCH3 is 1. The Kier molecular flexibility index (Phi) is 6.18. The molecule has 1 aliphatic carbocycles. The van der Waals surface area contributed by atoms with Gasteiger partial charge in [-0.1, -0.05) is 18.2 Å². The van der Waals surface area contributed by atoms with Crippen molar-refractivity contribution >= 4 is 31.9 Å². The minimum Gasteiger partial charge on any atom is -0.496 e. The highest BCUT2D eigenvalue weighted by Crippen LogP contribution is 2.25. The maximum absolute atomic E-state index is 12.5. The molecule has 144 valence electrons. The molecule has 2 N–H and O–H groups in total. The third-order valence-corrected chi connectivity index (χ3v) is 6.47. The van der Waals surface area contributed by atoms with Crippen LogP contribution in [0.1, 0.15) is 28.8 Å². The molecular weight excluding hydrogens is 432 g/mol. The van der Waals surface area contributed by atoms with Crippen LogP contribution in [0.25, 0.3) is 0 Å². The van der Waals surface area contributed by atoms with E-state index in [1.54, 1.807) is 13.2 Å². The third kappa shape index (κ3) is 5.09. The van der Waals surface area contributed by atoms with Gasteiger partial charge in [0.2, 0.25) is 10.0 Å². The molecule has 0 spiro atoms. The molecule has 0 atom stereocenters. The first-order chi connectivity index (χ1) is 12.9. The lowest BCUT2D eigenvalue weighted by molar-refractivity contribution is 0.0953. The summed E-state index contributed by atoms with van der Waals surface area (Å²) < 4.78 is 33.2. The number of ether oxygens (including phenoxy) is 1. The van der Waals surface area contributed by atoms with Gasteiger partial charge in [0.25, 0.3) is 5.91 Å². The van der Waals surface area contributed by atoms with E-state index in [-0.39, 0.29) is 22.4 Å². The van der Waals surface area contributed by atoms with E-state index in [9.17, 15) is 13.2 Å². The standard InChI is InChI=1S/C19H21BrN2O4S/c1-26-18-5-3-2-4-13(18)10-11-21-19(23)16-12-15(8-9-17(16)20)27(24,25)22-14-6-7-14/h2-5,8-9,12,14,22H,6-7,10-11H2,1H3,(H,21,23). The van der Waals surface area contributed by atoms with Gasteiger partial charge in [0.15, 0.2) is 0 Å². The van der Waals surface area contributed by atoms with Gasteiger partial charge in [-0.15, -0.1) is 0 Å². The lowest BCUT2D eigenvalue weighted by atomic mass is 10.1. The van der Waals surface area contributed by atoms with E-state index in [0.717, 1.165) is 24.2 Å². The second-order valence-corrected chi connectivity index (χ2v) is 8.92. The predicted molar refractivity (Wildman–Crippen MR) is 107 cm³/mol. The van der Waals surface area contributed by atoms with Crippen LogP contribution in [0, 0.1) is 0 Å². The number of carbonyl (C=O) groups is 1. The summed E-state index contributed by atoms with van der Waals surface area (Å²) in [6.07, 6.45) is 2.31. The minimum absolute atomic E-state index is 0.0109. The van der Waals surface area contributed by atoms with E-state index in [1.165, 1.54) is 12.1 Å². The highest BCUT2D eigenvalue weighted by atomic mass is 79.9. The number of carbonyl (C=O) groups excluding carboxylic acids is 1. The van der Waals surface area contributed by atoms with Crippen LogP contribution in [0.15, 0.2) is 51.8 Å². The number of rotatable bonds is 8. The molecule has 1 amide bonds. The smallest absolute Gasteiger partial charge is 0.252 e. The Hall–Kier alpha value is -1.90. The molecule has 0 aromatic heterocycles. The fourth-order valence-corrected chi connectivity index (χ4v) is 4.41. The van der Waals surface area contributed by atoms with Crippen molar-refractivity contribution in [3.8, 4) is 5.75 Å². The first-order valence-corrected chi connectivity index (χ1v) is 10.9. The third-order valence-electron chi connectivity index (χ3n) is 4.26. The van der Waals surface area contributed by atoms with Gasteiger partial charge in [0, 0.05) is 17.1 Å². The van der Waals surface area contributed by atoms with Crippen molar-refractivity contribution in [2.45, 2.75) is 30.2 Å². The van der Waals surface area contributed by atoms with Crippen LogP contribution in [0.4, 0.5) is 0 Å². The van der Waals surface area contributed by atoms with Crippen molar-refractivity contribution in [1.29, 1.82) is 0 Å². The maximum atomic E-state index is 12.5. The number of halogens is 1. The van der Waals surface area contributed by atoms with Crippen LogP contribution in [-0.2, 0) is 16.4 Å². The summed E-state index contributed by atoms with van der Waals surface area (Å²) in [7, 11) is -2.00. The first-order valence-electron chi connectivity index (χ1n) is 8.62. The van der Waals surface area contributed by atoms with E-state index in [2.05, 4.69) is 26.0 Å². The van der Waals surface area contributed by atoms with Crippen molar-refractivity contribution in [3.05, 3.63) is 58.1 Å². The van der Waals surface area contributed by atoms with Crippen LogP contribution in [-0.4, -0.2) is 34.0 Å². The van der Waals surface area contributed by atoms with Gasteiger partial charge in [-0.3, -0.25) is 4.79 Å². The van der Waals surface area contributed by atoms with Gasteiger partial charge in [-0.25, -0.2) is 13.1 Å². The minimum atomic E-state index is -3.61. The summed E-state index contributed by atoms with van der Waals surface area (Å²) in [5, 5.41) is 2.83. The lowest BCUT2D eigenvalue weighted by Crippen LogP contribution is -2.28. The number of benzene rings is 2. The average molecular weight is 453 g/mol. The summed E-state index contributed by atoms with van der Waals surface area (Å²) in [6.45, 7) is 0.406. The molecule has 0 bridgehead atoms. The topological polar surface area (TPSA) is 84.5 Å². The molecule has 0 unspecified atom stereocenters. The molecule has 2 aromatic carbocycles. The van der Waals surface area contributed by atoms with E-state index >= 15 is 0 Å². The number of hydrogen-bond donors (Lipinski definition) is 2. The van der Waals surface area contributed by atoms with Crippen LogP contribution in [0.2, 0.25) is 0 Å². The molecule has 0 radical (unpaired) electrons. The molecule has 8 heteroatoms. The van der Waals surface area contributed by atoms with Crippen molar-refractivity contribution in [1.82, 2.24) is 10.0 Å². The van der Waals surface area contributed by atoms with Gasteiger partial charge in [0.1, 0.15) is 5.75 Å². The van der Waals surface area contributed by atoms with Gasteiger partial charge in [-0.05, 0) is 65.0 Å². The molecule has 0 saturated heterocycles. The molecule has 1 saturated carbocycles. The van der Waals surface area contributed by atoms with E-state index in [0.29, 0.717) is 17.4 Å². The molecular formula is C19H21BrN2O4S. The fraction of sp³-hybridized carbons (Fsp3) is 0.316. The second kappa shape index (κ2) is 8.41. The van der Waals surface area contributed by atoms with Crippen LogP contribution < -0.4 is 14.8 Å². The Morgan fingerprint density at radius 3 is 2.67 bits per heavy atom. The highest BCUT2D eigenvalue weighted by molar-refractivity contribution is 9.10. The quantitative estimate of drug-likeness (QED) is 0.644. The average Bonchev–Trinajstić information content (AvgIpc) is 3.45. The lowest BCUT2D eigenvalue weighted by Gasteiger charge is -2.11. The monoisotopic (exact) mass is 452 g/mol. The largest absolute Gasteiger partial charge is 0.496 e. The predicted octanol–water partition coefficient (Wildman–Crippen LogP) is 2.87. The molecule has 2 aromatic rings. The molecule has 1 fully saturated rings. The van der Waals surface area contributed by atoms with Gasteiger partial charge in [-0.2, -0.15) is 0 Å². The Balaban J connectivity index is 1.68. The number of para-hydroxylation sites is 1. The summed E-state index contributed by atoms with van der Waals surface area (Å²) in [4.78, 5) is 12.6. The second-order valence-electron chi connectivity index (χ2n) is 6.35. The fourth-order valence-electron chi connectivity index (χ4n) is 2.65. The first kappa shape index (κ1) is 19.9. The van der Waals surface area contributed by atoms with E-state index in [1.807, 2.05) is 24.3 Å². The summed E-state index contributed by atoms with van der Waals surface area (Å²) >= 11 is 3.32. The number of hydrogen-bond acceptors (Lipinski definition) is 4. The van der Waals surface area contributed by atoms with E-state index in [4.69, 9.17) is 4.74 Å². The molecule has 0 aliphatic heterocycles. The Bertz CT molecular complexity index is 942. The molecule has 3 rings (SSSR count). The SMILES string of the molecule is COc1ccccc1CCNC(=O)c1cc(S(=O)(=O)NC2CC2)ccc1Br. The Labute approximate surface area is 167 Å². The molecule has 27 heavy (non-hydrogen) atoms.